The number of hydrogen-bond acceptors (Lipinski definition) is 6. The number of carbonyl (C=O) groups is 4. The molecule has 0 bridgehead atoms. The van der Waals surface area contributed by atoms with Crippen LogP contribution in [-0.4, -0.2) is 30.8 Å². The summed E-state index contributed by atoms with van der Waals surface area (Å²) in [7, 11) is 1.23. The lowest BCUT2D eigenvalue weighted by molar-refractivity contribution is -0.120. The molecule has 0 atom stereocenters. The summed E-state index contributed by atoms with van der Waals surface area (Å²) in [5, 5.41) is 5.93. The molecule has 1 heterocycles. The Kier molecular flexibility index (Phi) is 7.30. The van der Waals surface area contributed by atoms with Gasteiger partial charge in [0.25, 0.3) is 17.7 Å². The Balaban J connectivity index is 1.49. The first-order valence-corrected chi connectivity index (χ1v) is 11.4. The molecular weight excluding hydrogens is 529 g/mol. The lowest BCUT2D eigenvalue weighted by Crippen LogP contribution is -2.32. The van der Waals surface area contributed by atoms with Crippen molar-refractivity contribution in [2.75, 3.05) is 22.6 Å². The highest BCUT2D eigenvalue weighted by atomic mass is 35.5. The number of amides is 3. The monoisotopic (exact) mass is 543 g/mol. The number of anilines is 3. The van der Waals surface area contributed by atoms with E-state index in [1.165, 1.54) is 49.6 Å². The fraction of sp³-hybridized carbons (Fsp3) is 0.0400. The summed E-state index contributed by atoms with van der Waals surface area (Å²) < 4.78 is 4.68. The first-order chi connectivity index (χ1) is 17.2. The van der Waals surface area contributed by atoms with Crippen LogP contribution in [0, 0.1) is 0 Å². The fourth-order valence-electron chi connectivity index (χ4n) is 3.37. The van der Waals surface area contributed by atoms with Crippen molar-refractivity contribution < 1.29 is 23.9 Å². The molecule has 36 heavy (non-hydrogen) atoms. The zero-order valence-corrected chi connectivity index (χ0v) is 20.7. The largest absolute Gasteiger partial charge is 0.465 e. The molecule has 2 N–H and O–H groups in total. The summed E-state index contributed by atoms with van der Waals surface area (Å²) in [5.74, 6) is -2.48. The van der Waals surface area contributed by atoms with Crippen molar-refractivity contribution in [1.82, 2.24) is 0 Å². The number of rotatable bonds is 6. The minimum atomic E-state index is -0.748. The van der Waals surface area contributed by atoms with E-state index in [9.17, 15) is 19.2 Å². The molecule has 3 aromatic carbocycles. The number of ether oxygens (including phenoxy) is 1. The average Bonchev–Trinajstić information content (AvgIpc) is 3.08. The normalized spacial score (nSPS) is 13.2. The molecule has 8 nitrogen and oxygen atoms in total. The van der Waals surface area contributed by atoms with Gasteiger partial charge in [-0.05, 0) is 60.7 Å². The van der Waals surface area contributed by atoms with Crippen molar-refractivity contribution in [3.8, 4) is 0 Å². The lowest BCUT2D eigenvalue weighted by Gasteiger charge is -2.16. The predicted octanol–water partition coefficient (Wildman–Crippen LogP) is 5.47. The van der Waals surface area contributed by atoms with Gasteiger partial charge in [-0.1, -0.05) is 40.9 Å². The number of methoxy groups -OCH3 is 1. The predicted molar refractivity (Wildman–Crippen MR) is 138 cm³/mol. The summed E-state index contributed by atoms with van der Waals surface area (Å²) in [4.78, 5) is 51.0. The molecule has 0 fully saturated rings. The van der Waals surface area contributed by atoms with E-state index in [4.69, 9.17) is 34.8 Å². The Morgan fingerprint density at radius 2 is 1.58 bits per heavy atom. The van der Waals surface area contributed by atoms with Crippen molar-refractivity contribution in [1.29, 1.82) is 0 Å². The molecule has 0 saturated heterocycles. The minimum absolute atomic E-state index is 0.143. The number of halogens is 3. The van der Waals surface area contributed by atoms with Crippen LogP contribution in [0.4, 0.5) is 17.1 Å². The fourth-order valence-corrected chi connectivity index (χ4v) is 4.04. The molecule has 0 unspecified atom stereocenters. The Morgan fingerprint density at radius 1 is 0.861 bits per heavy atom. The van der Waals surface area contributed by atoms with Crippen molar-refractivity contribution in [2.45, 2.75) is 0 Å². The number of carbonyl (C=O) groups excluding carboxylic acids is 4. The first kappa shape index (κ1) is 25.2. The molecular formula is C25H16Cl3N3O5. The van der Waals surface area contributed by atoms with Gasteiger partial charge in [0.1, 0.15) is 10.7 Å². The number of nitrogens with one attached hydrogen (secondary N) is 2. The summed E-state index contributed by atoms with van der Waals surface area (Å²) in [6, 6.07) is 16.7. The molecule has 3 amide bonds. The summed E-state index contributed by atoms with van der Waals surface area (Å²) in [6.45, 7) is 0. The van der Waals surface area contributed by atoms with Crippen LogP contribution in [-0.2, 0) is 14.3 Å². The van der Waals surface area contributed by atoms with Gasteiger partial charge in [-0.3, -0.25) is 14.4 Å². The Morgan fingerprint density at radius 3 is 2.25 bits per heavy atom. The van der Waals surface area contributed by atoms with Gasteiger partial charge in [-0.15, -0.1) is 0 Å². The van der Waals surface area contributed by atoms with Crippen LogP contribution in [0.2, 0.25) is 10.0 Å². The van der Waals surface area contributed by atoms with Crippen molar-refractivity contribution in [3.05, 3.63) is 98.6 Å². The second-order valence-electron chi connectivity index (χ2n) is 7.46. The summed E-state index contributed by atoms with van der Waals surface area (Å²) in [6.07, 6.45) is 0. The van der Waals surface area contributed by atoms with E-state index < -0.39 is 23.7 Å². The van der Waals surface area contributed by atoms with Crippen molar-refractivity contribution in [3.63, 3.8) is 0 Å². The second-order valence-corrected chi connectivity index (χ2v) is 8.68. The number of nitrogens with zero attached hydrogens (tertiary/aromatic N) is 1. The maximum Gasteiger partial charge on any atom is 0.337 e. The van der Waals surface area contributed by atoms with Crippen molar-refractivity contribution >= 4 is 75.6 Å². The third kappa shape index (κ3) is 5.06. The SMILES string of the molecule is COC(=O)c1cccc(N2C(=O)C(Cl)=C(Nc3ccc(C(=O)Nc4ccc(Cl)cc4Cl)cc3)C2=O)c1. The molecule has 1 aliphatic heterocycles. The van der Waals surface area contributed by atoms with E-state index in [-0.39, 0.29) is 22.0 Å². The maximum atomic E-state index is 13.0. The van der Waals surface area contributed by atoms with E-state index in [0.717, 1.165) is 4.90 Å². The van der Waals surface area contributed by atoms with Gasteiger partial charge >= 0.3 is 5.97 Å². The number of hydrogen-bond donors (Lipinski definition) is 2. The first-order valence-electron chi connectivity index (χ1n) is 10.3. The molecule has 0 saturated carbocycles. The highest BCUT2D eigenvalue weighted by Gasteiger charge is 2.39. The standard InChI is InChI=1S/C25H16Cl3N3O5/c1-36-25(35)14-3-2-4-17(11-14)31-23(33)20(28)21(24(31)34)29-16-8-5-13(6-9-16)22(32)30-19-10-7-15(26)12-18(19)27/h2-12,29H,1H3,(H,30,32). The maximum absolute atomic E-state index is 13.0. The van der Waals surface area contributed by atoms with Gasteiger partial charge < -0.3 is 15.4 Å². The quantitative estimate of drug-likeness (QED) is 0.315. The van der Waals surface area contributed by atoms with E-state index >= 15 is 0 Å². The minimum Gasteiger partial charge on any atom is -0.465 e. The zero-order chi connectivity index (χ0) is 26.0. The molecule has 4 rings (SSSR count). The van der Waals surface area contributed by atoms with Gasteiger partial charge in [-0.2, -0.15) is 0 Å². The Hall–Kier alpha value is -3.85. The van der Waals surface area contributed by atoms with E-state index in [2.05, 4.69) is 15.4 Å². The number of esters is 1. The summed E-state index contributed by atoms with van der Waals surface area (Å²) in [5.41, 5.74) is 1.32. The van der Waals surface area contributed by atoms with Gasteiger partial charge in [0.15, 0.2) is 0 Å². The third-order valence-corrected chi connectivity index (χ3v) is 6.05. The van der Waals surface area contributed by atoms with E-state index in [1.54, 1.807) is 24.3 Å². The highest BCUT2D eigenvalue weighted by Crippen LogP contribution is 2.31. The average molecular weight is 545 g/mol. The van der Waals surface area contributed by atoms with E-state index in [0.29, 0.717) is 27.0 Å². The zero-order valence-electron chi connectivity index (χ0n) is 18.5. The van der Waals surface area contributed by atoms with Crippen LogP contribution in [0.3, 0.4) is 0 Å². The van der Waals surface area contributed by atoms with Crippen LogP contribution in [0.5, 0.6) is 0 Å². The van der Waals surface area contributed by atoms with Crippen LogP contribution in [0.25, 0.3) is 0 Å². The van der Waals surface area contributed by atoms with Crippen LogP contribution >= 0.6 is 34.8 Å². The summed E-state index contributed by atoms with van der Waals surface area (Å²) >= 11 is 18.1. The topological polar surface area (TPSA) is 105 Å². The second kappa shape index (κ2) is 10.4. The third-order valence-electron chi connectivity index (χ3n) is 5.15. The molecule has 0 aliphatic carbocycles. The molecule has 11 heteroatoms. The Labute approximate surface area is 220 Å². The van der Waals surface area contributed by atoms with Gasteiger partial charge in [0.2, 0.25) is 0 Å². The lowest BCUT2D eigenvalue weighted by atomic mass is 10.1. The molecule has 0 spiro atoms. The number of imide groups is 1. The Bertz CT molecular complexity index is 1440. The highest BCUT2D eigenvalue weighted by molar-refractivity contribution is 6.53. The van der Waals surface area contributed by atoms with E-state index in [1.807, 2.05) is 0 Å². The number of benzene rings is 3. The van der Waals surface area contributed by atoms with Gasteiger partial charge in [0.05, 0.1) is 29.1 Å². The van der Waals surface area contributed by atoms with Gasteiger partial charge in [-0.25, -0.2) is 9.69 Å². The molecule has 3 aromatic rings. The van der Waals surface area contributed by atoms with Crippen LogP contribution < -0.4 is 15.5 Å². The van der Waals surface area contributed by atoms with Gasteiger partial charge in [0, 0.05) is 16.3 Å². The van der Waals surface area contributed by atoms with Crippen LogP contribution in [0.1, 0.15) is 20.7 Å². The molecule has 0 aromatic heterocycles. The smallest absolute Gasteiger partial charge is 0.337 e. The van der Waals surface area contributed by atoms with Crippen molar-refractivity contribution in [2.24, 2.45) is 0 Å². The molecule has 0 radical (unpaired) electrons. The molecule has 182 valence electrons. The molecule has 1 aliphatic rings. The van der Waals surface area contributed by atoms with Crippen LogP contribution in [0.15, 0.2) is 77.5 Å².